The number of carbonyl (C=O) groups excluding carboxylic acids is 1. The predicted octanol–water partition coefficient (Wildman–Crippen LogP) is 1.45. The maximum Gasteiger partial charge on any atom is 0.227 e. The van der Waals surface area contributed by atoms with E-state index in [0.29, 0.717) is 13.2 Å². The molecule has 1 aromatic carbocycles. The van der Waals surface area contributed by atoms with Crippen molar-refractivity contribution in [2.45, 2.75) is 32.9 Å². The number of ether oxygens (including phenoxy) is 1. The van der Waals surface area contributed by atoms with Crippen molar-refractivity contribution in [2.75, 3.05) is 13.2 Å². The average molecular weight is 262 g/mol. The van der Waals surface area contributed by atoms with Gasteiger partial charge in [-0.05, 0) is 31.9 Å². The summed E-state index contributed by atoms with van der Waals surface area (Å²) < 4.78 is 5.23. The van der Waals surface area contributed by atoms with Crippen LogP contribution in [0.3, 0.4) is 0 Å². The van der Waals surface area contributed by atoms with E-state index >= 15 is 0 Å². The van der Waals surface area contributed by atoms with Crippen molar-refractivity contribution in [3.05, 3.63) is 34.9 Å². The minimum absolute atomic E-state index is 0.0131. The molecule has 104 valence electrons. The molecule has 3 unspecified atom stereocenters. The van der Waals surface area contributed by atoms with Crippen molar-refractivity contribution < 1.29 is 9.53 Å². The molecule has 4 heteroatoms. The molecule has 3 atom stereocenters. The first-order chi connectivity index (χ1) is 8.99. The summed E-state index contributed by atoms with van der Waals surface area (Å²) in [6, 6.07) is 6.06. The molecule has 19 heavy (non-hydrogen) atoms. The Hall–Kier alpha value is -1.39. The lowest BCUT2D eigenvalue weighted by Gasteiger charge is -2.20. The molecule has 1 saturated heterocycles. The van der Waals surface area contributed by atoms with Crippen LogP contribution in [0.15, 0.2) is 18.2 Å². The Morgan fingerprint density at radius 1 is 1.42 bits per heavy atom. The van der Waals surface area contributed by atoms with Crippen LogP contribution in [0.25, 0.3) is 0 Å². The quantitative estimate of drug-likeness (QED) is 0.866. The molecule has 0 aromatic heterocycles. The second-order valence-corrected chi connectivity index (χ2v) is 5.40. The number of nitrogens with two attached hydrogens (primary N) is 1. The molecule has 2 rings (SSSR count). The van der Waals surface area contributed by atoms with Gasteiger partial charge in [-0.3, -0.25) is 4.79 Å². The third kappa shape index (κ3) is 3.14. The van der Waals surface area contributed by atoms with E-state index in [1.807, 2.05) is 6.92 Å². The smallest absolute Gasteiger partial charge is 0.227 e. The second kappa shape index (κ2) is 5.72. The fourth-order valence-electron chi connectivity index (χ4n) is 2.55. The standard InChI is InChI=1S/C15H22N2O2/c1-9-4-5-12(10(2)6-9)11(3)17-15(18)13-7-19-8-14(13)16/h4-6,11,13-14H,7-8,16H2,1-3H3,(H,17,18). The number of rotatable bonds is 3. The van der Waals surface area contributed by atoms with Gasteiger partial charge in [-0.2, -0.15) is 0 Å². The van der Waals surface area contributed by atoms with Crippen molar-refractivity contribution in [3.63, 3.8) is 0 Å². The molecule has 1 fully saturated rings. The van der Waals surface area contributed by atoms with E-state index in [4.69, 9.17) is 10.5 Å². The van der Waals surface area contributed by atoms with E-state index < -0.39 is 0 Å². The lowest BCUT2D eigenvalue weighted by Crippen LogP contribution is -2.41. The summed E-state index contributed by atoms with van der Waals surface area (Å²) in [6.45, 7) is 7.02. The Balaban J connectivity index is 2.04. The first kappa shape index (κ1) is 14.0. The second-order valence-electron chi connectivity index (χ2n) is 5.40. The third-order valence-corrected chi connectivity index (χ3v) is 3.71. The Morgan fingerprint density at radius 2 is 2.16 bits per heavy atom. The fraction of sp³-hybridized carbons (Fsp3) is 0.533. The highest BCUT2D eigenvalue weighted by molar-refractivity contribution is 5.80. The van der Waals surface area contributed by atoms with Crippen LogP contribution in [-0.2, 0) is 9.53 Å². The van der Waals surface area contributed by atoms with Crippen molar-refractivity contribution in [2.24, 2.45) is 11.7 Å². The van der Waals surface area contributed by atoms with Crippen LogP contribution in [0, 0.1) is 19.8 Å². The lowest BCUT2D eigenvalue weighted by atomic mass is 9.98. The Labute approximate surface area is 114 Å². The lowest BCUT2D eigenvalue weighted by molar-refractivity contribution is -0.125. The molecule has 0 radical (unpaired) electrons. The minimum Gasteiger partial charge on any atom is -0.379 e. The van der Waals surface area contributed by atoms with E-state index in [2.05, 4.69) is 37.4 Å². The number of amides is 1. The van der Waals surface area contributed by atoms with Crippen LogP contribution in [-0.4, -0.2) is 25.2 Å². The van der Waals surface area contributed by atoms with E-state index in [9.17, 15) is 4.79 Å². The van der Waals surface area contributed by atoms with Gasteiger partial charge in [0.25, 0.3) is 0 Å². The first-order valence-electron chi connectivity index (χ1n) is 6.70. The van der Waals surface area contributed by atoms with E-state index in [1.165, 1.54) is 11.1 Å². The van der Waals surface area contributed by atoms with Crippen LogP contribution < -0.4 is 11.1 Å². The third-order valence-electron chi connectivity index (χ3n) is 3.71. The molecule has 0 aliphatic carbocycles. The zero-order valence-electron chi connectivity index (χ0n) is 11.8. The maximum absolute atomic E-state index is 12.1. The monoisotopic (exact) mass is 262 g/mol. The van der Waals surface area contributed by atoms with E-state index in [0.717, 1.165) is 5.56 Å². The molecule has 1 aliphatic heterocycles. The van der Waals surface area contributed by atoms with Crippen LogP contribution >= 0.6 is 0 Å². The number of nitrogens with one attached hydrogen (secondary N) is 1. The maximum atomic E-state index is 12.1. The van der Waals surface area contributed by atoms with Crippen molar-refractivity contribution in [1.82, 2.24) is 5.32 Å². The normalized spacial score (nSPS) is 24.2. The highest BCUT2D eigenvalue weighted by Crippen LogP contribution is 2.20. The highest BCUT2D eigenvalue weighted by atomic mass is 16.5. The van der Waals surface area contributed by atoms with Gasteiger partial charge in [0.2, 0.25) is 5.91 Å². The summed E-state index contributed by atoms with van der Waals surface area (Å²) >= 11 is 0. The van der Waals surface area contributed by atoms with Gasteiger partial charge in [0.1, 0.15) is 0 Å². The molecular weight excluding hydrogens is 240 g/mol. The van der Waals surface area contributed by atoms with Gasteiger partial charge >= 0.3 is 0 Å². The molecule has 1 heterocycles. The van der Waals surface area contributed by atoms with Gasteiger partial charge in [-0.15, -0.1) is 0 Å². The van der Waals surface area contributed by atoms with Crippen molar-refractivity contribution in [1.29, 1.82) is 0 Å². The van der Waals surface area contributed by atoms with Crippen LogP contribution in [0.4, 0.5) is 0 Å². The Bertz CT molecular complexity index is 473. The fourth-order valence-corrected chi connectivity index (χ4v) is 2.55. The molecule has 4 nitrogen and oxygen atoms in total. The summed E-state index contributed by atoms with van der Waals surface area (Å²) in [5.41, 5.74) is 9.43. The van der Waals surface area contributed by atoms with Crippen molar-refractivity contribution in [3.8, 4) is 0 Å². The SMILES string of the molecule is Cc1ccc(C(C)NC(=O)C2COCC2N)c(C)c1. The summed E-state index contributed by atoms with van der Waals surface area (Å²) in [4.78, 5) is 12.1. The Kier molecular flexibility index (Phi) is 4.22. The minimum atomic E-state index is -0.229. The van der Waals surface area contributed by atoms with Gasteiger partial charge in [0.05, 0.1) is 25.2 Å². The van der Waals surface area contributed by atoms with Gasteiger partial charge < -0.3 is 15.8 Å². The zero-order chi connectivity index (χ0) is 14.0. The van der Waals surface area contributed by atoms with Crippen LogP contribution in [0.5, 0.6) is 0 Å². The predicted molar refractivity (Wildman–Crippen MR) is 74.8 cm³/mol. The number of hydrogen-bond donors (Lipinski definition) is 2. The molecule has 0 saturated carbocycles. The topological polar surface area (TPSA) is 64.3 Å². The number of aryl methyl sites for hydroxylation is 2. The zero-order valence-corrected chi connectivity index (χ0v) is 11.8. The highest BCUT2D eigenvalue weighted by Gasteiger charge is 2.32. The van der Waals surface area contributed by atoms with E-state index in [-0.39, 0.29) is 23.9 Å². The van der Waals surface area contributed by atoms with Gasteiger partial charge in [-0.25, -0.2) is 0 Å². The number of hydrogen-bond acceptors (Lipinski definition) is 3. The van der Waals surface area contributed by atoms with Gasteiger partial charge in [-0.1, -0.05) is 23.8 Å². The molecule has 3 N–H and O–H groups in total. The van der Waals surface area contributed by atoms with Crippen LogP contribution in [0.1, 0.15) is 29.7 Å². The molecule has 0 bridgehead atoms. The van der Waals surface area contributed by atoms with Crippen molar-refractivity contribution >= 4 is 5.91 Å². The van der Waals surface area contributed by atoms with Crippen LogP contribution in [0.2, 0.25) is 0 Å². The molecule has 1 aliphatic rings. The summed E-state index contributed by atoms with van der Waals surface area (Å²) in [5, 5.41) is 3.03. The average Bonchev–Trinajstić information content (AvgIpc) is 2.75. The molecule has 0 spiro atoms. The molecular formula is C15H22N2O2. The van der Waals surface area contributed by atoms with Gasteiger partial charge in [0, 0.05) is 6.04 Å². The summed E-state index contributed by atoms with van der Waals surface area (Å²) in [6.07, 6.45) is 0. The van der Waals surface area contributed by atoms with E-state index in [1.54, 1.807) is 0 Å². The largest absolute Gasteiger partial charge is 0.379 e. The van der Waals surface area contributed by atoms with Gasteiger partial charge in [0.15, 0.2) is 0 Å². The first-order valence-corrected chi connectivity index (χ1v) is 6.70. The summed E-state index contributed by atoms with van der Waals surface area (Å²) in [7, 11) is 0. The molecule has 1 aromatic rings. The number of carbonyl (C=O) groups is 1. The molecule has 1 amide bonds. The number of benzene rings is 1. The summed E-state index contributed by atoms with van der Waals surface area (Å²) in [5.74, 6) is -0.245. The Morgan fingerprint density at radius 3 is 2.74 bits per heavy atom.